The maximum Gasteiger partial charge on any atom is 0.306 e. The van der Waals surface area contributed by atoms with E-state index in [2.05, 4.69) is 18.3 Å². The summed E-state index contributed by atoms with van der Waals surface area (Å²) in [7, 11) is 1.66. The lowest BCUT2D eigenvalue weighted by Gasteiger charge is -2.27. The van der Waals surface area contributed by atoms with Crippen LogP contribution in [0.5, 0.6) is 11.5 Å². The summed E-state index contributed by atoms with van der Waals surface area (Å²) in [6, 6.07) is 6.43. The molecular formula is C19H29NO4. The van der Waals surface area contributed by atoms with E-state index >= 15 is 0 Å². The van der Waals surface area contributed by atoms with Crippen LogP contribution in [0.2, 0.25) is 0 Å². The lowest BCUT2D eigenvalue weighted by atomic mass is 9.86. The van der Waals surface area contributed by atoms with Gasteiger partial charge in [0.25, 0.3) is 0 Å². The number of nitrogens with one attached hydrogen (secondary N) is 1. The standard InChI is InChI=1S/C19H29NO4/c1-3-4-11-24-17-10-5-14(12-18(17)23-2)13-20-16-8-6-15(7-9-16)19(21)22/h5,10,12,15-16,20H,3-4,6-9,11,13H2,1-2H3,(H,21,22). The van der Waals surface area contributed by atoms with E-state index in [-0.39, 0.29) is 5.92 Å². The van der Waals surface area contributed by atoms with Gasteiger partial charge in [-0.25, -0.2) is 0 Å². The molecule has 0 saturated heterocycles. The number of carboxylic acid groups (broad SMARTS) is 1. The fourth-order valence-electron chi connectivity index (χ4n) is 3.07. The number of aliphatic carboxylic acids is 1. The summed E-state index contributed by atoms with van der Waals surface area (Å²) in [4.78, 5) is 11.0. The second kappa shape index (κ2) is 9.52. The number of methoxy groups -OCH3 is 1. The van der Waals surface area contributed by atoms with E-state index in [0.717, 1.165) is 62.1 Å². The van der Waals surface area contributed by atoms with Gasteiger partial charge in [-0.15, -0.1) is 0 Å². The number of hydrogen-bond donors (Lipinski definition) is 2. The Hall–Kier alpha value is -1.75. The van der Waals surface area contributed by atoms with Crippen molar-refractivity contribution in [2.24, 2.45) is 5.92 Å². The van der Waals surface area contributed by atoms with E-state index in [1.807, 2.05) is 12.1 Å². The molecule has 1 aromatic carbocycles. The molecule has 24 heavy (non-hydrogen) atoms. The van der Waals surface area contributed by atoms with Gasteiger partial charge < -0.3 is 19.9 Å². The van der Waals surface area contributed by atoms with Crippen LogP contribution >= 0.6 is 0 Å². The molecule has 0 atom stereocenters. The van der Waals surface area contributed by atoms with Crippen molar-refractivity contribution in [3.8, 4) is 11.5 Å². The Kier molecular flexibility index (Phi) is 7.37. The predicted octanol–water partition coefficient (Wildman–Crippen LogP) is 3.61. The molecule has 134 valence electrons. The quantitative estimate of drug-likeness (QED) is 0.675. The van der Waals surface area contributed by atoms with Gasteiger partial charge in [-0.05, 0) is 49.8 Å². The van der Waals surface area contributed by atoms with Crippen LogP contribution in [0.3, 0.4) is 0 Å². The molecule has 1 aromatic rings. The highest BCUT2D eigenvalue weighted by Crippen LogP contribution is 2.29. The smallest absolute Gasteiger partial charge is 0.306 e. The Bertz CT molecular complexity index is 524. The normalized spacial score (nSPS) is 20.6. The molecule has 2 N–H and O–H groups in total. The summed E-state index contributed by atoms with van der Waals surface area (Å²) in [5, 5.41) is 12.6. The van der Waals surface area contributed by atoms with Gasteiger partial charge in [0.05, 0.1) is 19.6 Å². The summed E-state index contributed by atoms with van der Waals surface area (Å²) in [6.07, 6.45) is 5.51. The van der Waals surface area contributed by atoms with E-state index in [9.17, 15) is 4.79 Å². The summed E-state index contributed by atoms with van der Waals surface area (Å²) < 4.78 is 11.2. The van der Waals surface area contributed by atoms with Crippen molar-refractivity contribution in [1.82, 2.24) is 5.32 Å². The van der Waals surface area contributed by atoms with E-state index in [1.165, 1.54) is 0 Å². The molecule has 5 heteroatoms. The molecule has 5 nitrogen and oxygen atoms in total. The molecule has 1 aliphatic carbocycles. The van der Waals surface area contributed by atoms with E-state index < -0.39 is 5.97 Å². The number of rotatable bonds is 9. The van der Waals surface area contributed by atoms with Crippen LogP contribution in [0.25, 0.3) is 0 Å². The first kappa shape index (κ1) is 18.6. The average molecular weight is 335 g/mol. The van der Waals surface area contributed by atoms with Gasteiger partial charge in [0.15, 0.2) is 11.5 Å². The first-order valence-corrected chi connectivity index (χ1v) is 8.90. The minimum absolute atomic E-state index is 0.164. The first-order valence-electron chi connectivity index (χ1n) is 8.90. The molecule has 0 bridgehead atoms. The number of benzene rings is 1. The lowest BCUT2D eigenvalue weighted by Crippen LogP contribution is -2.34. The van der Waals surface area contributed by atoms with Crippen LogP contribution in [0, 0.1) is 5.92 Å². The van der Waals surface area contributed by atoms with Crippen molar-refractivity contribution < 1.29 is 19.4 Å². The zero-order chi connectivity index (χ0) is 17.4. The van der Waals surface area contributed by atoms with Crippen molar-refractivity contribution in [1.29, 1.82) is 0 Å². The molecule has 1 saturated carbocycles. The highest BCUT2D eigenvalue weighted by Gasteiger charge is 2.25. The number of carboxylic acids is 1. The fraction of sp³-hybridized carbons (Fsp3) is 0.632. The Morgan fingerprint density at radius 2 is 2.00 bits per heavy atom. The van der Waals surface area contributed by atoms with Gasteiger partial charge in [0.1, 0.15) is 0 Å². The maximum absolute atomic E-state index is 11.0. The monoisotopic (exact) mass is 335 g/mol. The van der Waals surface area contributed by atoms with Gasteiger partial charge in [-0.3, -0.25) is 4.79 Å². The minimum atomic E-state index is -0.656. The lowest BCUT2D eigenvalue weighted by molar-refractivity contribution is -0.142. The minimum Gasteiger partial charge on any atom is -0.493 e. The molecule has 0 aromatic heterocycles. The molecule has 1 fully saturated rings. The third-order valence-corrected chi connectivity index (χ3v) is 4.65. The molecule has 0 heterocycles. The van der Waals surface area contributed by atoms with Crippen molar-refractivity contribution in [3.05, 3.63) is 23.8 Å². The van der Waals surface area contributed by atoms with E-state index in [4.69, 9.17) is 14.6 Å². The Morgan fingerprint density at radius 1 is 1.25 bits per heavy atom. The van der Waals surface area contributed by atoms with Gasteiger partial charge in [-0.2, -0.15) is 0 Å². The highest BCUT2D eigenvalue weighted by atomic mass is 16.5. The Balaban J connectivity index is 1.83. The Morgan fingerprint density at radius 3 is 2.62 bits per heavy atom. The van der Waals surface area contributed by atoms with Gasteiger partial charge >= 0.3 is 5.97 Å². The average Bonchev–Trinajstić information content (AvgIpc) is 2.61. The molecular weight excluding hydrogens is 306 g/mol. The van der Waals surface area contributed by atoms with Crippen LogP contribution in [-0.2, 0) is 11.3 Å². The molecule has 0 radical (unpaired) electrons. The predicted molar refractivity (Wildman–Crippen MR) is 93.6 cm³/mol. The number of carbonyl (C=O) groups is 1. The summed E-state index contributed by atoms with van der Waals surface area (Å²) in [5.41, 5.74) is 1.15. The number of ether oxygens (including phenoxy) is 2. The molecule has 2 rings (SSSR count). The zero-order valence-electron chi connectivity index (χ0n) is 14.7. The van der Waals surface area contributed by atoms with Crippen molar-refractivity contribution >= 4 is 5.97 Å². The maximum atomic E-state index is 11.0. The molecule has 0 unspecified atom stereocenters. The van der Waals surface area contributed by atoms with Crippen LogP contribution in [-0.4, -0.2) is 30.8 Å². The number of unbranched alkanes of at least 4 members (excludes halogenated alkanes) is 1. The van der Waals surface area contributed by atoms with Crippen LogP contribution in [0.1, 0.15) is 51.0 Å². The first-order chi connectivity index (χ1) is 11.6. The second-order valence-corrected chi connectivity index (χ2v) is 6.45. The summed E-state index contributed by atoms with van der Waals surface area (Å²) in [6.45, 7) is 3.60. The molecule has 0 spiro atoms. The highest BCUT2D eigenvalue weighted by molar-refractivity contribution is 5.70. The number of hydrogen-bond acceptors (Lipinski definition) is 4. The third kappa shape index (κ3) is 5.41. The topological polar surface area (TPSA) is 67.8 Å². The molecule has 0 aliphatic heterocycles. The largest absolute Gasteiger partial charge is 0.493 e. The van der Waals surface area contributed by atoms with Crippen molar-refractivity contribution in [3.63, 3.8) is 0 Å². The van der Waals surface area contributed by atoms with E-state index in [0.29, 0.717) is 12.6 Å². The zero-order valence-corrected chi connectivity index (χ0v) is 14.7. The molecule has 1 aliphatic rings. The summed E-state index contributed by atoms with van der Waals surface area (Å²) in [5.74, 6) is 0.733. The van der Waals surface area contributed by atoms with Crippen molar-refractivity contribution in [2.45, 2.75) is 58.0 Å². The second-order valence-electron chi connectivity index (χ2n) is 6.45. The Labute approximate surface area is 144 Å². The van der Waals surface area contributed by atoms with Crippen LogP contribution in [0.4, 0.5) is 0 Å². The third-order valence-electron chi connectivity index (χ3n) is 4.65. The van der Waals surface area contributed by atoms with E-state index in [1.54, 1.807) is 7.11 Å². The fourth-order valence-corrected chi connectivity index (χ4v) is 3.07. The van der Waals surface area contributed by atoms with Gasteiger partial charge in [-0.1, -0.05) is 19.4 Å². The molecule has 0 amide bonds. The van der Waals surface area contributed by atoms with Crippen LogP contribution < -0.4 is 14.8 Å². The van der Waals surface area contributed by atoms with Crippen LogP contribution in [0.15, 0.2) is 18.2 Å². The summed E-state index contributed by atoms with van der Waals surface area (Å²) >= 11 is 0. The van der Waals surface area contributed by atoms with Crippen molar-refractivity contribution in [2.75, 3.05) is 13.7 Å². The SMILES string of the molecule is CCCCOc1ccc(CNC2CCC(C(=O)O)CC2)cc1OC. The van der Waals surface area contributed by atoms with Gasteiger partial charge in [0.2, 0.25) is 0 Å². The van der Waals surface area contributed by atoms with Gasteiger partial charge in [0, 0.05) is 12.6 Å².